The molecular formula is C19H22N2O5S. The molecule has 0 spiro atoms. The number of nitrogens with zero attached hydrogens (tertiary/aromatic N) is 1. The van der Waals surface area contributed by atoms with Crippen molar-refractivity contribution in [3.8, 4) is 0 Å². The van der Waals surface area contributed by atoms with Crippen LogP contribution in [-0.4, -0.2) is 46.7 Å². The van der Waals surface area contributed by atoms with Crippen LogP contribution in [0.2, 0.25) is 0 Å². The van der Waals surface area contributed by atoms with Crippen LogP contribution in [0, 0.1) is 6.92 Å². The van der Waals surface area contributed by atoms with E-state index in [0.29, 0.717) is 11.3 Å². The molecule has 2 aromatic rings. The molecule has 1 N–H and O–H groups in total. The number of benzene rings is 2. The number of nitrogens with one attached hydrogen (secondary N) is 1. The van der Waals surface area contributed by atoms with Crippen molar-refractivity contribution in [1.29, 1.82) is 0 Å². The molecule has 8 heteroatoms. The smallest absolute Gasteiger partial charge is 0.337 e. The van der Waals surface area contributed by atoms with Gasteiger partial charge >= 0.3 is 5.97 Å². The predicted octanol–water partition coefficient (Wildman–Crippen LogP) is 1.98. The number of carbonyl (C=O) groups is 2. The number of methoxy groups -OCH3 is 1. The Kier molecular flexibility index (Phi) is 6.57. The standard InChI is InChI=1S/C19H22N2O5S/c1-14-7-9-15(10-8-14)18(22)20-11-12-21(27(3,24)25)17-6-4-5-16(13-17)19(23)26-2/h4-10,13H,11-12H2,1-3H3,(H,20,22). The summed E-state index contributed by atoms with van der Waals surface area (Å²) in [5.74, 6) is -0.843. The Hall–Kier alpha value is -2.87. The quantitative estimate of drug-likeness (QED) is 0.730. The van der Waals surface area contributed by atoms with Gasteiger partial charge in [0.2, 0.25) is 10.0 Å². The number of hydrogen-bond donors (Lipinski definition) is 1. The second-order valence-electron chi connectivity index (χ2n) is 6.00. The second kappa shape index (κ2) is 8.68. The van der Waals surface area contributed by atoms with E-state index in [9.17, 15) is 18.0 Å². The van der Waals surface area contributed by atoms with Crippen LogP contribution in [0.3, 0.4) is 0 Å². The minimum absolute atomic E-state index is 0.0288. The Balaban J connectivity index is 2.11. The van der Waals surface area contributed by atoms with E-state index in [4.69, 9.17) is 0 Å². The van der Waals surface area contributed by atoms with Gasteiger partial charge in [0.15, 0.2) is 0 Å². The van der Waals surface area contributed by atoms with Gasteiger partial charge in [0, 0.05) is 12.1 Å². The third-order valence-electron chi connectivity index (χ3n) is 3.87. The molecule has 0 unspecified atom stereocenters. The van der Waals surface area contributed by atoms with Crippen molar-refractivity contribution >= 4 is 27.6 Å². The number of carbonyl (C=O) groups excluding carboxylic acids is 2. The monoisotopic (exact) mass is 390 g/mol. The minimum Gasteiger partial charge on any atom is -0.465 e. The summed E-state index contributed by atoms with van der Waals surface area (Å²) in [6.07, 6.45) is 1.07. The Morgan fingerprint density at radius 1 is 1.07 bits per heavy atom. The van der Waals surface area contributed by atoms with Gasteiger partial charge in [-0.3, -0.25) is 9.10 Å². The van der Waals surface area contributed by atoms with Gasteiger partial charge in [0.05, 0.1) is 31.2 Å². The number of esters is 1. The Labute approximate surface area is 159 Å². The Morgan fingerprint density at radius 3 is 2.33 bits per heavy atom. The molecule has 0 atom stereocenters. The van der Waals surface area contributed by atoms with Crippen molar-refractivity contribution in [1.82, 2.24) is 5.32 Å². The van der Waals surface area contributed by atoms with E-state index in [1.165, 1.54) is 19.2 Å². The molecule has 2 aromatic carbocycles. The van der Waals surface area contributed by atoms with Gasteiger partial charge in [0.1, 0.15) is 0 Å². The van der Waals surface area contributed by atoms with E-state index >= 15 is 0 Å². The van der Waals surface area contributed by atoms with E-state index in [1.54, 1.807) is 24.3 Å². The predicted molar refractivity (Wildman–Crippen MR) is 103 cm³/mol. The topological polar surface area (TPSA) is 92.8 Å². The average Bonchev–Trinajstić information content (AvgIpc) is 2.64. The summed E-state index contributed by atoms with van der Waals surface area (Å²) >= 11 is 0. The van der Waals surface area contributed by atoms with E-state index in [1.807, 2.05) is 19.1 Å². The second-order valence-corrected chi connectivity index (χ2v) is 7.91. The van der Waals surface area contributed by atoms with Crippen molar-refractivity contribution in [2.24, 2.45) is 0 Å². The summed E-state index contributed by atoms with van der Waals surface area (Å²) in [6.45, 7) is 2.07. The third-order valence-corrected chi connectivity index (χ3v) is 5.06. The maximum atomic E-state index is 12.2. The average molecular weight is 390 g/mol. The molecule has 0 aliphatic heterocycles. The fourth-order valence-electron chi connectivity index (χ4n) is 2.47. The highest BCUT2D eigenvalue weighted by molar-refractivity contribution is 7.92. The number of hydrogen-bond acceptors (Lipinski definition) is 5. The van der Waals surface area contributed by atoms with Crippen molar-refractivity contribution < 1.29 is 22.7 Å². The molecule has 0 saturated heterocycles. The lowest BCUT2D eigenvalue weighted by molar-refractivity contribution is 0.0600. The molecule has 27 heavy (non-hydrogen) atoms. The van der Waals surface area contributed by atoms with Crippen LogP contribution >= 0.6 is 0 Å². The van der Waals surface area contributed by atoms with Crippen LogP contribution < -0.4 is 9.62 Å². The van der Waals surface area contributed by atoms with Gasteiger partial charge in [-0.1, -0.05) is 23.8 Å². The number of anilines is 1. The molecule has 0 radical (unpaired) electrons. The maximum Gasteiger partial charge on any atom is 0.337 e. The summed E-state index contributed by atoms with van der Waals surface area (Å²) in [7, 11) is -2.35. The molecule has 1 amide bonds. The van der Waals surface area contributed by atoms with Gasteiger partial charge in [0.25, 0.3) is 5.91 Å². The maximum absolute atomic E-state index is 12.2. The van der Waals surface area contributed by atoms with Crippen LogP contribution in [0.4, 0.5) is 5.69 Å². The van der Waals surface area contributed by atoms with Crippen LogP contribution in [0.5, 0.6) is 0 Å². The minimum atomic E-state index is -3.61. The number of ether oxygens (including phenoxy) is 1. The van der Waals surface area contributed by atoms with Crippen LogP contribution in [0.25, 0.3) is 0 Å². The summed E-state index contributed by atoms with van der Waals surface area (Å²) in [6, 6.07) is 13.2. The molecule has 0 aliphatic carbocycles. The molecule has 0 saturated carbocycles. The molecule has 0 fully saturated rings. The highest BCUT2D eigenvalue weighted by Gasteiger charge is 2.19. The first-order valence-corrected chi connectivity index (χ1v) is 10.1. The van der Waals surface area contributed by atoms with E-state index in [-0.39, 0.29) is 24.6 Å². The van der Waals surface area contributed by atoms with E-state index < -0.39 is 16.0 Å². The fourth-order valence-corrected chi connectivity index (χ4v) is 3.39. The number of aryl methyl sites for hydroxylation is 1. The van der Waals surface area contributed by atoms with Gasteiger partial charge in [-0.05, 0) is 37.3 Å². The van der Waals surface area contributed by atoms with Crippen LogP contribution in [0.1, 0.15) is 26.3 Å². The van der Waals surface area contributed by atoms with Gasteiger partial charge in [-0.25, -0.2) is 13.2 Å². The summed E-state index contributed by atoms with van der Waals surface area (Å²) in [4.78, 5) is 23.8. The molecule has 0 bridgehead atoms. The molecule has 0 aliphatic rings. The van der Waals surface area contributed by atoms with Gasteiger partial charge in [-0.15, -0.1) is 0 Å². The first kappa shape index (κ1) is 20.4. The van der Waals surface area contributed by atoms with Gasteiger partial charge in [-0.2, -0.15) is 0 Å². The van der Waals surface area contributed by atoms with Crippen molar-refractivity contribution in [3.63, 3.8) is 0 Å². The van der Waals surface area contributed by atoms with Crippen molar-refractivity contribution in [3.05, 3.63) is 65.2 Å². The zero-order valence-electron chi connectivity index (χ0n) is 15.4. The van der Waals surface area contributed by atoms with E-state index in [2.05, 4.69) is 10.1 Å². The molecular weight excluding hydrogens is 368 g/mol. The van der Waals surface area contributed by atoms with E-state index in [0.717, 1.165) is 16.1 Å². The lowest BCUT2D eigenvalue weighted by atomic mass is 10.1. The highest BCUT2D eigenvalue weighted by Crippen LogP contribution is 2.19. The van der Waals surface area contributed by atoms with Gasteiger partial charge < -0.3 is 10.1 Å². The lowest BCUT2D eigenvalue weighted by Gasteiger charge is -2.23. The number of sulfonamides is 1. The van der Waals surface area contributed by atoms with Crippen molar-refractivity contribution in [2.75, 3.05) is 30.8 Å². The largest absolute Gasteiger partial charge is 0.465 e. The zero-order valence-corrected chi connectivity index (χ0v) is 16.2. The summed E-state index contributed by atoms with van der Waals surface area (Å²) in [5.41, 5.74) is 2.11. The fraction of sp³-hybridized carbons (Fsp3) is 0.263. The first-order chi connectivity index (χ1) is 12.7. The molecule has 0 heterocycles. The molecule has 144 valence electrons. The Bertz CT molecular complexity index is 923. The third kappa shape index (κ3) is 5.55. The lowest BCUT2D eigenvalue weighted by Crippen LogP contribution is -2.38. The number of amides is 1. The van der Waals surface area contributed by atoms with Crippen LogP contribution in [-0.2, 0) is 14.8 Å². The summed E-state index contributed by atoms with van der Waals surface area (Å²) < 4.78 is 30.1. The molecule has 0 aromatic heterocycles. The normalized spacial score (nSPS) is 10.9. The SMILES string of the molecule is COC(=O)c1cccc(N(CCNC(=O)c2ccc(C)cc2)S(C)(=O)=O)c1. The number of rotatable bonds is 7. The molecule has 2 rings (SSSR count). The summed E-state index contributed by atoms with van der Waals surface area (Å²) in [5, 5.41) is 2.70. The molecule has 7 nitrogen and oxygen atoms in total. The van der Waals surface area contributed by atoms with Crippen LogP contribution in [0.15, 0.2) is 48.5 Å². The zero-order chi connectivity index (χ0) is 20.0. The Morgan fingerprint density at radius 2 is 1.74 bits per heavy atom. The first-order valence-electron chi connectivity index (χ1n) is 8.23. The van der Waals surface area contributed by atoms with Crippen molar-refractivity contribution in [2.45, 2.75) is 6.92 Å². The highest BCUT2D eigenvalue weighted by atomic mass is 32.2.